The number of benzene rings is 1. The van der Waals surface area contributed by atoms with Crippen LogP contribution in [0, 0.1) is 0 Å². The zero-order chi connectivity index (χ0) is 13.5. The molecule has 98 valence electrons. The Hall–Kier alpha value is -1.97. The molecule has 0 spiro atoms. The molecule has 0 aliphatic rings. The molecule has 0 radical (unpaired) electrons. The number of carbonyl (C=O) groups excluding carboxylic acids is 1. The van der Waals surface area contributed by atoms with E-state index < -0.39 is 5.97 Å². The molecular formula is C14H18O4. The number of rotatable bonds is 5. The van der Waals surface area contributed by atoms with Crippen LogP contribution in [0.2, 0.25) is 0 Å². The van der Waals surface area contributed by atoms with Gasteiger partial charge >= 0.3 is 5.97 Å². The summed E-state index contributed by atoms with van der Waals surface area (Å²) in [6.45, 7) is 3.56. The van der Waals surface area contributed by atoms with E-state index in [0.717, 1.165) is 5.56 Å². The first-order chi connectivity index (χ1) is 8.60. The fraction of sp³-hybridized carbons (Fsp3) is 0.357. The smallest absolute Gasteiger partial charge is 0.377 e. The summed E-state index contributed by atoms with van der Waals surface area (Å²) in [7, 11) is 2.91. The van der Waals surface area contributed by atoms with Gasteiger partial charge in [-0.1, -0.05) is 30.3 Å². The summed E-state index contributed by atoms with van der Waals surface area (Å²) in [5.41, 5.74) is 0.762. The van der Waals surface area contributed by atoms with Gasteiger partial charge in [0.2, 0.25) is 5.76 Å². The van der Waals surface area contributed by atoms with E-state index in [0.29, 0.717) is 5.76 Å². The predicted octanol–water partition coefficient (Wildman–Crippen LogP) is 2.60. The van der Waals surface area contributed by atoms with Crippen LogP contribution in [0.4, 0.5) is 0 Å². The molecule has 0 saturated carbocycles. The SMILES string of the molecule is COC(C(=O)OC(C)C)=C(OC)c1ccccc1. The number of ether oxygens (including phenoxy) is 3. The molecule has 18 heavy (non-hydrogen) atoms. The Bertz CT molecular complexity index is 421. The van der Waals surface area contributed by atoms with Crippen LogP contribution in [0.3, 0.4) is 0 Å². The molecule has 0 bridgehead atoms. The molecule has 0 N–H and O–H groups in total. The van der Waals surface area contributed by atoms with E-state index in [1.165, 1.54) is 14.2 Å². The maximum Gasteiger partial charge on any atom is 0.377 e. The van der Waals surface area contributed by atoms with Gasteiger partial charge in [-0.25, -0.2) is 4.79 Å². The van der Waals surface area contributed by atoms with Gasteiger partial charge in [0, 0.05) is 5.56 Å². The molecule has 1 aromatic rings. The van der Waals surface area contributed by atoms with E-state index in [9.17, 15) is 4.79 Å². The Morgan fingerprint density at radius 2 is 1.67 bits per heavy atom. The monoisotopic (exact) mass is 250 g/mol. The minimum Gasteiger partial charge on any atom is -0.492 e. The highest BCUT2D eigenvalue weighted by atomic mass is 16.6. The Morgan fingerprint density at radius 1 is 1.06 bits per heavy atom. The van der Waals surface area contributed by atoms with Crippen molar-refractivity contribution in [3.05, 3.63) is 41.7 Å². The molecule has 1 aromatic carbocycles. The van der Waals surface area contributed by atoms with Crippen molar-refractivity contribution in [2.24, 2.45) is 0 Å². The summed E-state index contributed by atoms with van der Waals surface area (Å²) in [6.07, 6.45) is -0.212. The number of methoxy groups -OCH3 is 2. The number of hydrogen-bond acceptors (Lipinski definition) is 4. The Kier molecular flexibility index (Phi) is 5.24. The van der Waals surface area contributed by atoms with Gasteiger partial charge in [0.05, 0.1) is 20.3 Å². The van der Waals surface area contributed by atoms with Crippen molar-refractivity contribution in [1.82, 2.24) is 0 Å². The van der Waals surface area contributed by atoms with Gasteiger partial charge in [0.1, 0.15) is 0 Å². The fourth-order valence-electron chi connectivity index (χ4n) is 1.47. The van der Waals surface area contributed by atoms with E-state index in [1.54, 1.807) is 13.8 Å². The first-order valence-electron chi connectivity index (χ1n) is 5.68. The van der Waals surface area contributed by atoms with E-state index in [1.807, 2.05) is 30.3 Å². The molecule has 0 saturated heterocycles. The lowest BCUT2D eigenvalue weighted by atomic mass is 10.1. The van der Waals surface area contributed by atoms with Crippen molar-refractivity contribution in [3.8, 4) is 0 Å². The van der Waals surface area contributed by atoms with Gasteiger partial charge in [-0.05, 0) is 13.8 Å². The number of esters is 1. The van der Waals surface area contributed by atoms with E-state index >= 15 is 0 Å². The van der Waals surface area contributed by atoms with Crippen LogP contribution in [-0.4, -0.2) is 26.3 Å². The van der Waals surface area contributed by atoms with E-state index in [-0.39, 0.29) is 11.9 Å². The van der Waals surface area contributed by atoms with Crippen molar-refractivity contribution in [2.75, 3.05) is 14.2 Å². The summed E-state index contributed by atoms with van der Waals surface area (Å²) >= 11 is 0. The zero-order valence-electron chi connectivity index (χ0n) is 11.1. The topological polar surface area (TPSA) is 44.8 Å². The van der Waals surface area contributed by atoms with Crippen LogP contribution in [0.5, 0.6) is 0 Å². The molecule has 0 amide bonds. The van der Waals surface area contributed by atoms with Crippen LogP contribution in [0.1, 0.15) is 19.4 Å². The number of carbonyl (C=O) groups is 1. The van der Waals surface area contributed by atoms with Crippen LogP contribution < -0.4 is 0 Å². The largest absolute Gasteiger partial charge is 0.492 e. The summed E-state index contributed by atoms with van der Waals surface area (Å²) in [4.78, 5) is 11.9. The minimum atomic E-state index is -0.534. The lowest BCUT2D eigenvalue weighted by Gasteiger charge is -2.14. The summed E-state index contributed by atoms with van der Waals surface area (Å²) in [6, 6.07) is 9.27. The van der Waals surface area contributed by atoms with E-state index in [2.05, 4.69) is 0 Å². The van der Waals surface area contributed by atoms with Gasteiger partial charge < -0.3 is 14.2 Å². The van der Waals surface area contributed by atoms with Gasteiger partial charge in [-0.2, -0.15) is 0 Å². The average Bonchev–Trinajstić information content (AvgIpc) is 2.35. The summed E-state index contributed by atoms with van der Waals surface area (Å²) < 4.78 is 15.5. The van der Waals surface area contributed by atoms with E-state index in [4.69, 9.17) is 14.2 Å². The molecule has 0 atom stereocenters. The predicted molar refractivity (Wildman–Crippen MR) is 68.6 cm³/mol. The summed E-state index contributed by atoms with van der Waals surface area (Å²) in [5, 5.41) is 0. The lowest BCUT2D eigenvalue weighted by molar-refractivity contribution is -0.146. The summed E-state index contributed by atoms with van der Waals surface area (Å²) in [5.74, 6) is -0.102. The molecule has 0 aliphatic carbocycles. The zero-order valence-corrected chi connectivity index (χ0v) is 11.1. The van der Waals surface area contributed by atoms with Gasteiger partial charge in [-0.15, -0.1) is 0 Å². The standard InChI is InChI=1S/C14H18O4/c1-10(2)18-14(15)13(17-4)12(16-3)11-8-6-5-7-9-11/h5-10H,1-4H3. The van der Waals surface area contributed by atoms with Crippen LogP contribution in [-0.2, 0) is 19.0 Å². The Balaban J connectivity index is 3.13. The maximum atomic E-state index is 11.9. The van der Waals surface area contributed by atoms with Crippen molar-refractivity contribution >= 4 is 11.7 Å². The third-order valence-electron chi connectivity index (χ3n) is 2.18. The molecule has 0 fully saturated rings. The third kappa shape index (κ3) is 3.52. The highest BCUT2D eigenvalue weighted by molar-refractivity contribution is 5.94. The van der Waals surface area contributed by atoms with Crippen LogP contribution in [0.15, 0.2) is 36.1 Å². The molecule has 0 heterocycles. The Labute approximate surface area is 107 Å². The van der Waals surface area contributed by atoms with Gasteiger partial charge in [0.15, 0.2) is 5.76 Å². The van der Waals surface area contributed by atoms with Crippen molar-refractivity contribution < 1.29 is 19.0 Å². The fourth-order valence-corrected chi connectivity index (χ4v) is 1.47. The molecule has 0 unspecified atom stereocenters. The van der Waals surface area contributed by atoms with Crippen LogP contribution in [0.25, 0.3) is 5.76 Å². The molecular weight excluding hydrogens is 232 g/mol. The molecule has 0 aliphatic heterocycles. The van der Waals surface area contributed by atoms with Crippen molar-refractivity contribution in [1.29, 1.82) is 0 Å². The van der Waals surface area contributed by atoms with Gasteiger partial charge in [-0.3, -0.25) is 0 Å². The Morgan fingerprint density at radius 3 is 2.11 bits per heavy atom. The highest BCUT2D eigenvalue weighted by Crippen LogP contribution is 2.21. The molecule has 1 rings (SSSR count). The van der Waals surface area contributed by atoms with Crippen molar-refractivity contribution in [2.45, 2.75) is 20.0 Å². The second kappa shape index (κ2) is 6.69. The quantitative estimate of drug-likeness (QED) is 0.458. The molecule has 4 nitrogen and oxygen atoms in total. The normalized spacial score (nSPS) is 11.8. The number of hydrogen-bond donors (Lipinski definition) is 0. The van der Waals surface area contributed by atoms with Gasteiger partial charge in [0.25, 0.3) is 0 Å². The van der Waals surface area contributed by atoms with Crippen molar-refractivity contribution in [3.63, 3.8) is 0 Å². The molecule has 0 aromatic heterocycles. The van der Waals surface area contributed by atoms with Crippen LogP contribution >= 0.6 is 0 Å². The second-order valence-corrected chi connectivity index (χ2v) is 3.89. The second-order valence-electron chi connectivity index (χ2n) is 3.89. The first-order valence-corrected chi connectivity index (χ1v) is 5.68. The highest BCUT2D eigenvalue weighted by Gasteiger charge is 2.21. The minimum absolute atomic E-state index is 0.0670. The molecule has 4 heteroatoms. The lowest BCUT2D eigenvalue weighted by Crippen LogP contribution is -2.16. The average molecular weight is 250 g/mol. The maximum absolute atomic E-state index is 11.9. The third-order valence-corrected chi connectivity index (χ3v) is 2.18. The first kappa shape index (κ1) is 14.1.